The molecule has 1 aliphatic rings. The third kappa shape index (κ3) is 2.31. The molecule has 8 nitrogen and oxygen atoms in total. The van der Waals surface area contributed by atoms with Crippen LogP contribution < -0.4 is 5.73 Å². The predicted octanol–water partition coefficient (Wildman–Crippen LogP) is -0.443. The van der Waals surface area contributed by atoms with Gasteiger partial charge in [0.25, 0.3) is 0 Å². The molecule has 1 aliphatic heterocycles. The summed E-state index contributed by atoms with van der Waals surface area (Å²) in [6.45, 7) is 0.711. The molecule has 1 fully saturated rings. The van der Waals surface area contributed by atoms with E-state index in [1.165, 1.54) is 16.7 Å². The summed E-state index contributed by atoms with van der Waals surface area (Å²) in [6.07, 6.45) is 3.73. The van der Waals surface area contributed by atoms with E-state index in [1.54, 1.807) is 0 Å². The van der Waals surface area contributed by atoms with Crippen LogP contribution in [-0.2, 0) is 10.0 Å². The lowest BCUT2D eigenvalue weighted by atomic mass is 9.97. The van der Waals surface area contributed by atoms with Crippen LogP contribution in [0.4, 0.5) is 0 Å². The number of hydrogen-bond acceptors (Lipinski definition) is 5. The molecule has 0 radical (unpaired) electrons. The molecule has 0 bridgehead atoms. The molecule has 0 unspecified atom stereocenters. The van der Waals surface area contributed by atoms with Crippen molar-refractivity contribution in [3.8, 4) is 0 Å². The Labute approximate surface area is 105 Å². The number of H-pyrrole nitrogens is 1. The maximum Gasteiger partial charge on any atom is 0.246 e. The highest BCUT2D eigenvalue weighted by atomic mass is 32.2. The monoisotopic (exact) mass is 273 g/mol. The van der Waals surface area contributed by atoms with Crippen LogP contribution in [0.15, 0.2) is 22.4 Å². The van der Waals surface area contributed by atoms with Gasteiger partial charge in [0, 0.05) is 25.2 Å². The largest absolute Gasteiger partial charge is 0.409 e. The Morgan fingerprint density at radius 1 is 1.56 bits per heavy atom. The fourth-order valence-electron chi connectivity index (χ4n) is 2.00. The van der Waals surface area contributed by atoms with Crippen LogP contribution in [0.5, 0.6) is 0 Å². The van der Waals surface area contributed by atoms with Crippen LogP contribution in [0, 0.1) is 5.92 Å². The predicted molar refractivity (Wildman–Crippen MR) is 63.5 cm³/mol. The summed E-state index contributed by atoms with van der Waals surface area (Å²) in [5.74, 6) is 0.0983. The van der Waals surface area contributed by atoms with Crippen molar-refractivity contribution in [2.75, 3.05) is 13.1 Å². The van der Waals surface area contributed by atoms with Crippen molar-refractivity contribution in [3.05, 3.63) is 12.4 Å². The van der Waals surface area contributed by atoms with Gasteiger partial charge in [-0.25, -0.2) is 8.42 Å². The van der Waals surface area contributed by atoms with E-state index in [4.69, 9.17) is 10.9 Å². The lowest BCUT2D eigenvalue weighted by molar-refractivity contribution is 0.291. The molecule has 1 saturated heterocycles. The molecule has 0 aromatic carbocycles. The van der Waals surface area contributed by atoms with E-state index in [-0.39, 0.29) is 16.6 Å². The molecule has 0 atom stereocenters. The first-order valence-electron chi connectivity index (χ1n) is 5.52. The minimum atomic E-state index is -3.48. The number of sulfonamides is 1. The summed E-state index contributed by atoms with van der Waals surface area (Å²) in [6, 6.07) is 0. The number of aromatic nitrogens is 2. The van der Waals surface area contributed by atoms with Gasteiger partial charge in [0.2, 0.25) is 10.0 Å². The van der Waals surface area contributed by atoms with Crippen molar-refractivity contribution in [1.82, 2.24) is 14.5 Å². The first-order chi connectivity index (χ1) is 8.55. The molecule has 100 valence electrons. The second-order valence-electron chi connectivity index (χ2n) is 4.14. The maximum atomic E-state index is 12.1. The highest BCUT2D eigenvalue weighted by molar-refractivity contribution is 7.89. The van der Waals surface area contributed by atoms with Crippen LogP contribution >= 0.6 is 0 Å². The minimum absolute atomic E-state index is 0.0641. The van der Waals surface area contributed by atoms with Crippen LogP contribution in [0.25, 0.3) is 0 Å². The molecular formula is C9H15N5O3S. The third-order valence-electron chi connectivity index (χ3n) is 3.10. The summed E-state index contributed by atoms with van der Waals surface area (Å²) in [4.78, 5) is 0.157. The number of oxime groups is 1. The normalized spacial score (nSPS) is 20.1. The second-order valence-corrected chi connectivity index (χ2v) is 6.08. The highest BCUT2D eigenvalue weighted by Crippen LogP contribution is 2.23. The first-order valence-corrected chi connectivity index (χ1v) is 6.96. The lowest BCUT2D eigenvalue weighted by Gasteiger charge is -2.30. The van der Waals surface area contributed by atoms with Crippen molar-refractivity contribution in [2.24, 2.45) is 16.8 Å². The molecule has 0 aliphatic carbocycles. The summed E-state index contributed by atoms with van der Waals surface area (Å²) < 4.78 is 25.7. The molecule has 2 heterocycles. The topological polar surface area (TPSA) is 125 Å². The zero-order valence-corrected chi connectivity index (χ0v) is 10.5. The third-order valence-corrected chi connectivity index (χ3v) is 4.96. The number of nitrogens with two attached hydrogens (primary N) is 1. The smallest absolute Gasteiger partial charge is 0.246 e. The molecule has 2 rings (SSSR count). The number of aromatic amines is 1. The number of nitrogens with one attached hydrogen (secondary N) is 1. The van der Waals surface area contributed by atoms with Gasteiger partial charge in [0.1, 0.15) is 10.7 Å². The number of rotatable bonds is 3. The minimum Gasteiger partial charge on any atom is -0.409 e. The van der Waals surface area contributed by atoms with Crippen LogP contribution in [0.3, 0.4) is 0 Å². The number of piperidine rings is 1. The van der Waals surface area contributed by atoms with Crippen molar-refractivity contribution < 1.29 is 13.6 Å². The standard InChI is InChI=1S/C9H15N5O3S/c10-9(13-15)7-1-3-14(4-2-7)18(16,17)8-5-11-12-6-8/h5-7,15H,1-4H2,(H2,10,13)(H,11,12). The summed E-state index contributed by atoms with van der Waals surface area (Å²) in [7, 11) is -3.48. The van der Waals surface area contributed by atoms with Gasteiger partial charge >= 0.3 is 0 Å². The Balaban J connectivity index is 2.07. The summed E-state index contributed by atoms with van der Waals surface area (Å²) >= 11 is 0. The van der Waals surface area contributed by atoms with E-state index in [1.807, 2.05) is 0 Å². The van der Waals surface area contributed by atoms with Gasteiger partial charge in [-0.3, -0.25) is 5.10 Å². The van der Waals surface area contributed by atoms with E-state index in [2.05, 4.69) is 15.4 Å². The highest BCUT2D eigenvalue weighted by Gasteiger charge is 2.31. The lowest BCUT2D eigenvalue weighted by Crippen LogP contribution is -2.41. The van der Waals surface area contributed by atoms with Crippen molar-refractivity contribution in [3.63, 3.8) is 0 Å². The fraction of sp³-hybridized carbons (Fsp3) is 0.556. The maximum absolute atomic E-state index is 12.1. The Morgan fingerprint density at radius 2 is 2.22 bits per heavy atom. The van der Waals surface area contributed by atoms with Gasteiger partial charge in [-0.15, -0.1) is 0 Å². The summed E-state index contributed by atoms with van der Waals surface area (Å²) in [5, 5.41) is 17.7. The van der Waals surface area contributed by atoms with Gasteiger partial charge in [0.05, 0.1) is 6.20 Å². The number of nitrogens with zero attached hydrogens (tertiary/aromatic N) is 3. The van der Waals surface area contributed by atoms with Crippen molar-refractivity contribution in [1.29, 1.82) is 0 Å². The molecule has 18 heavy (non-hydrogen) atoms. The molecule has 1 aromatic rings. The van der Waals surface area contributed by atoms with Crippen molar-refractivity contribution >= 4 is 15.9 Å². The van der Waals surface area contributed by atoms with E-state index in [9.17, 15) is 8.42 Å². The Hall–Kier alpha value is -1.61. The molecular weight excluding hydrogens is 258 g/mol. The average Bonchev–Trinajstić information content (AvgIpc) is 2.92. The van der Waals surface area contributed by atoms with Crippen LogP contribution in [-0.4, -0.2) is 47.1 Å². The second kappa shape index (κ2) is 4.94. The zero-order valence-electron chi connectivity index (χ0n) is 9.65. The molecule has 1 aromatic heterocycles. The molecule has 0 amide bonds. The first kappa shape index (κ1) is 12.8. The van der Waals surface area contributed by atoms with E-state index < -0.39 is 10.0 Å². The molecule has 4 N–H and O–H groups in total. The van der Waals surface area contributed by atoms with E-state index in [0.29, 0.717) is 25.9 Å². The van der Waals surface area contributed by atoms with Gasteiger partial charge in [-0.1, -0.05) is 5.16 Å². The average molecular weight is 273 g/mol. The van der Waals surface area contributed by atoms with Crippen molar-refractivity contribution in [2.45, 2.75) is 17.7 Å². The number of hydrogen-bond donors (Lipinski definition) is 3. The molecule has 9 heteroatoms. The molecule has 0 spiro atoms. The van der Waals surface area contributed by atoms with Gasteiger partial charge in [-0.05, 0) is 12.8 Å². The fourth-order valence-corrected chi connectivity index (χ4v) is 3.38. The van der Waals surface area contributed by atoms with Gasteiger partial charge < -0.3 is 10.9 Å². The zero-order chi connectivity index (χ0) is 13.2. The van der Waals surface area contributed by atoms with E-state index >= 15 is 0 Å². The molecule has 0 saturated carbocycles. The summed E-state index contributed by atoms with van der Waals surface area (Å²) in [5.41, 5.74) is 5.51. The van der Waals surface area contributed by atoms with E-state index in [0.717, 1.165) is 0 Å². The quantitative estimate of drug-likeness (QED) is 0.298. The Morgan fingerprint density at radius 3 is 2.72 bits per heavy atom. The number of amidine groups is 1. The van der Waals surface area contributed by atoms with Crippen LogP contribution in [0.1, 0.15) is 12.8 Å². The van der Waals surface area contributed by atoms with Gasteiger partial charge in [-0.2, -0.15) is 9.40 Å². The Kier molecular flexibility index (Phi) is 3.53. The SMILES string of the molecule is NC(=NO)C1CCN(S(=O)(=O)c2cn[nH]c2)CC1. The Bertz CT molecular complexity index is 516. The van der Waals surface area contributed by atoms with Gasteiger partial charge in [0.15, 0.2) is 0 Å². The van der Waals surface area contributed by atoms with Crippen LogP contribution in [0.2, 0.25) is 0 Å².